The molecule has 7 nitrogen and oxygen atoms in total. The number of carbonyl (C=O) groups excluding carboxylic acids is 2. The van der Waals surface area contributed by atoms with Gasteiger partial charge in [-0.3, -0.25) is 14.5 Å². The van der Waals surface area contributed by atoms with Crippen molar-refractivity contribution in [3.63, 3.8) is 0 Å². The number of nitrogens with zero attached hydrogens (tertiary/aromatic N) is 4. The van der Waals surface area contributed by atoms with Crippen LogP contribution in [0, 0.1) is 13.8 Å². The highest BCUT2D eigenvalue weighted by atomic mass is 32.1. The lowest BCUT2D eigenvalue weighted by molar-refractivity contribution is -0.133. The number of hydrogen-bond donors (Lipinski definition) is 0. The summed E-state index contributed by atoms with van der Waals surface area (Å²) in [6.07, 6.45) is 1.23. The number of rotatable bonds is 3. The van der Waals surface area contributed by atoms with E-state index in [1.165, 1.54) is 22.3 Å². The number of carbonyl (C=O) groups is 2. The second-order valence-corrected chi connectivity index (χ2v) is 7.40. The van der Waals surface area contributed by atoms with Gasteiger partial charge >= 0.3 is 0 Å². The van der Waals surface area contributed by atoms with Crippen LogP contribution < -0.4 is 4.90 Å². The van der Waals surface area contributed by atoms with Gasteiger partial charge in [0.15, 0.2) is 5.13 Å². The summed E-state index contributed by atoms with van der Waals surface area (Å²) in [7, 11) is 0. The molecule has 138 valence electrons. The average Bonchev–Trinajstić information content (AvgIpc) is 3.23. The minimum atomic E-state index is -0.226. The fourth-order valence-corrected chi connectivity index (χ4v) is 4.26. The van der Waals surface area contributed by atoms with Crippen LogP contribution in [0.5, 0.6) is 0 Å². The summed E-state index contributed by atoms with van der Waals surface area (Å²) in [6.45, 7) is 8.20. The predicted molar refractivity (Wildman–Crippen MR) is 104 cm³/mol. The largest absolute Gasteiger partial charge is 0.361 e. The monoisotopic (exact) mass is 382 g/mol. The number of piperazine rings is 1. The van der Waals surface area contributed by atoms with E-state index < -0.39 is 0 Å². The van der Waals surface area contributed by atoms with Gasteiger partial charge in [-0.1, -0.05) is 29.1 Å². The van der Waals surface area contributed by atoms with E-state index in [1.54, 1.807) is 4.90 Å². The minimum Gasteiger partial charge on any atom is -0.361 e. The van der Waals surface area contributed by atoms with Gasteiger partial charge in [-0.2, -0.15) is 0 Å². The van der Waals surface area contributed by atoms with E-state index in [1.807, 2.05) is 32.0 Å². The molecule has 1 aliphatic rings. The molecule has 0 aliphatic carbocycles. The van der Waals surface area contributed by atoms with Gasteiger partial charge in [-0.25, -0.2) is 4.98 Å². The zero-order chi connectivity index (χ0) is 19.1. The van der Waals surface area contributed by atoms with E-state index in [9.17, 15) is 9.59 Å². The fourth-order valence-electron chi connectivity index (χ4n) is 3.27. The third kappa shape index (κ3) is 3.02. The molecular formula is C19H18N4O3S. The number of anilines is 1. The quantitative estimate of drug-likeness (QED) is 0.651. The lowest BCUT2D eigenvalue weighted by Crippen LogP contribution is -2.52. The molecule has 0 atom stereocenters. The average molecular weight is 382 g/mol. The summed E-state index contributed by atoms with van der Waals surface area (Å²) >= 11 is 1.47. The molecule has 1 saturated heterocycles. The van der Waals surface area contributed by atoms with Crippen LogP contribution in [0.2, 0.25) is 0 Å². The molecule has 8 heteroatoms. The van der Waals surface area contributed by atoms with Crippen LogP contribution in [0.3, 0.4) is 0 Å². The molecule has 0 spiro atoms. The van der Waals surface area contributed by atoms with Gasteiger partial charge in [0.1, 0.15) is 12.3 Å². The summed E-state index contributed by atoms with van der Waals surface area (Å²) < 4.78 is 6.25. The molecule has 0 N–H and O–H groups in total. The molecule has 0 saturated carbocycles. The Morgan fingerprint density at radius 2 is 2.15 bits per heavy atom. The summed E-state index contributed by atoms with van der Waals surface area (Å²) in [4.78, 5) is 32.0. The fraction of sp³-hybridized carbons (Fsp3) is 0.263. The van der Waals surface area contributed by atoms with E-state index >= 15 is 0 Å². The van der Waals surface area contributed by atoms with Crippen molar-refractivity contribution in [2.24, 2.45) is 0 Å². The summed E-state index contributed by atoms with van der Waals surface area (Å²) in [5.74, 6) is 0.401. The molecule has 2 amide bonds. The number of fused-ring (bicyclic) bond motifs is 1. The van der Waals surface area contributed by atoms with Crippen LogP contribution in [0.15, 0.2) is 35.4 Å². The van der Waals surface area contributed by atoms with Crippen molar-refractivity contribution in [1.82, 2.24) is 15.0 Å². The number of thiazole rings is 1. The summed E-state index contributed by atoms with van der Waals surface area (Å²) in [6, 6.07) is 6.00. The maximum absolute atomic E-state index is 12.5. The molecule has 27 heavy (non-hydrogen) atoms. The van der Waals surface area contributed by atoms with Gasteiger partial charge in [-0.05, 0) is 37.6 Å². The maximum atomic E-state index is 12.5. The minimum absolute atomic E-state index is 0.0467. The molecule has 1 aromatic carbocycles. The van der Waals surface area contributed by atoms with Crippen LogP contribution in [-0.2, 0) is 9.59 Å². The van der Waals surface area contributed by atoms with E-state index in [-0.39, 0.29) is 18.4 Å². The molecule has 3 heterocycles. The molecule has 3 aromatic rings. The second kappa shape index (κ2) is 6.62. The van der Waals surface area contributed by atoms with Gasteiger partial charge in [0.05, 0.1) is 15.9 Å². The van der Waals surface area contributed by atoms with Gasteiger partial charge < -0.3 is 9.42 Å². The molecule has 2 aromatic heterocycles. The molecule has 1 aliphatic heterocycles. The number of amides is 2. The van der Waals surface area contributed by atoms with Gasteiger partial charge in [0.25, 0.3) is 0 Å². The van der Waals surface area contributed by atoms with Gasteiger partial charge in [0, 0.05) is 18.7 Å². The van der Waals surface area contributed by atoms with E-state index in [0.717, 1.165) is 32.8 Å². The van der Waals surface area contributed by atoms with E-state index in [4.69, 9.17) is 4.52 Å². The highest BCUT2D eigenvalue weighted by molar-refractivity contribution is 7.22. The lowest BCUT2D eigenvalue weighted by Gasteiger charge is -2.32. The van der Waals surface area contributed by atoms with E-state index in [0.29, 0.717) is 18.2 Å². The normalized spacial score (nSPS) is 14.8. The molecule has 0 bridgehead atoms. The van der Waals surface area contributed by atoms with Gasteiger partial charge in [0.2, 0.25) is 11.8 Å². The third-order valence-electron chi connectivity index (χ3n) is 4.64. The zero-order valence-electron chi connectivity index (χ0n) is 15.1. The predicted octanol–water partition coefficient (Wildman–Crippen LogP) is 2.93. The van der Waals surface area contributed by atoms with Crippen molar-refractivity contribution in [2.45, 2.75) is 13.8 Å². The first-order valence-electron chi connectivity index (χ1n) is 8.53. The first kappa shape index (κ1) is 17.4. The Kier molecular flexibility index (Phi) is 4.27. The zero-order valence-corrected chi connectivity index (χ0v) is 15.9. The smallest absolute Gasteiger partial charge is 0.248 e. The first-order valence-corrected chi connectivity index (χ1v) is 9.35. The molecular weight excluding hydrogens is 364 g/mol. The Balaban J connectivity index is 1.64. The highest BCUT2D eigenvalue weighted by Gasteiger charge is 2.29. The van der Waals surface area contributed by atoms with Crippen molar-refractivity contribution in [1.29, 1.82) is 0 Å². The van der Waals surface area contributed by atoms with Crippen LogP contribution in [0.1, 0.15) is 11.5 Å². The van der Waals surface area contributed by atoms with Crippen molar-refractivity contribution in [2.75, 3.05) is 24.5 Å². The highest BCUT2D eigenvalue weighted by Crippen LogP contribution is 2.34. The Labute approximate surface area is 159 Å². The molecule has 0 radical (unpaired) electrons. The van der Waals surface area contributed by atoms with Crippen LogP contribution >= 0.6 is 11.3 Å². The van der Waals surface area contributed by atoms with Crippen molar-refractivity contribution in [3.8, 4) is 11.1 Å². The SMILES string of the molecule is C=CC(=O)N1CCN(c2nc3cc(-c4c(C)noc4C)ccc3s2)C(=O)C1. The maximum Gasteiger partial charge on any atom is 0.248 e. The lowest BCUT2D eigenvalue weighted by atomic mass is 10.0. The Morgan fingerprint density at radius 1 is 1.33 bits per heavy atom. The van der Waals surface area contributed by atoms with Crippen LogP contribution in [-0.4, -0.2) is 46.5 Å². The van der Waals surface area contributed by atoms with Crippen molar-refractivity contribution < 1.29 is 14.1 Å². The Morgan fingerprint density at radius 3 is 2.81 bits per heavy atom. The molecule has 1 fully saturated rings. The topological polar surface area (TPSA) is 79.5 Å². The number of aromatic nitrogens is 2. The van der Waals surface area contributed by atoms with Crippen molar-refractivity contribution >= 4 is 38.5 Å². The number of benzene rings is 1. The Bertz CT molecular complexity index is 1050. The number of hydrogen-bond acceptors (Lipinski definition) is 6. The van der Waals surface area contributed by atoms with E-state index in [2.05, 4.69) is 16.7 Å². The third-order valence-corrected chi connectivity index (χ3v) is 5.70. The van der Waals surface area contributed by atoms with Crippen LogP contribution in [0.25, 0.3) is 21.3 Å². The number of aryl methyl sites for hydroxylation is 2. The first-order chi connectivity index (χ1) is 13.0. The van der Waals surface area contributed by atoms with Gasteiger partial charge in [-0.15, -0.1) is 0 Å². The molecule has 0 unspecified atom stereocenters. The standard InChI is InChI=1S/C19H18N4O3S/c1-4-16(24)22-7-8-23(17(25)10-22)19-20-14-9-13(5-6-15(14)27-19)18-11(2)21-26-12(18)3/h4-6,9H,1,7-8,10H2,2-3H3. The summed E-state index contributed by atoms with van der Waals surface area (Å²) in [5.41, 5.74) is 3.62. The van der Waals surface area contributed by atoms with Crippen molar-refractivity contribution in [3.05, 3.63) is 42.3 Å². The van der Waals surface area contributed by atoms with Crippen LogP contribution in [0.4, 0.5) is 5.13 Å². The molecule has 4 rings (SSSR count). The summed E-state index contributed by atoms with van der Waals surface area (Å²) in [5, 5.41) is 4.65. The Hall–Kier alpha value is -3.00. The second-order valence-electron chi connectivity index (χ2n) is 6.39.